The lowest BCUT2D eigenvalue weighted by atomic mass is 10.1. The zero-order valence-electron chi connectivity index (χ0n) is 12.8. The van der Waals surface area contributed by atoms with Gasteiger partial charge in [-0.15, -0.1) is 0 Å². The number of aryl methyl sites for hydroxylation is 2. The molecular weight excluding hydrogens is 298 g/mol. The number of fused-ring (bicyclic) bond motifs is 1. The van der Waals surface area contributed by atoms with Crippen LogP contribution in [0.25, 0.3) is 10.9 Å². The van der Waals surface area contributed by atoms with Crippen molar-refractivity contribution >= 4 is 22.5 Å². The number of carbonyl (C=O) groups is 1. The Morgan fingerprint density at radius 2 is 2.00 bits per heavy atom. The number of hydrogen-bond acceptors (Lipinski definition) is 1. The lowest BCUT2D eigenvalue weighted by Gasteiger charge is -2.10. The third-order valence-electron chi connectivity index (χ3n) is 3.91. The molecule has 1 aromatic heterocycles. The number of halogens is 2. The van der Waals surface area contributed by atoms with Gasteiger partial charge in [0.05, 0.1) is 5.56 Å². The highest BCUT2D eigenvalue weighted by molar-refractivity contribution is 6.13. The van der Waals surface area contributed by atoms with E-state index in [4.69, 9.17) is 0 Å². The molecule has 0 spiro atoms. The van der Waals surface area contributed by atoms with Crippen molar-refractivity contribution in [3.8, 4) is 0 Å². The normalized spacial score (nSPS) is 11.0. The van der Waals surface area contributed by atoms with Crippen molar-refractivity contribution in [2.45, 2.75) is 20.3 Å². The van der Waals surface area contributed by atoms with Crippen LogP contribution in [-0.4, -0.2) is 10.9 Å². The Kier molecular flexibility index (Phi) is 3.86. The monoisotopic (exact) mass is 314 g/mol. The molecule has 0 fully saturated rings. The summed E-state index contributed by atoms with van der Waals surface area (Å²) in [5.41, 5.74) is 2.78. The van der Waals surface area contributed by atoms with Crippen molar-refractivity contribution < 1.29 is 13.6 Å². The summed E-state index contributed by atoms with van der Waals surface area (Å²) in [7, 11) is 0. The molecule has 0 aliphatic rings. The quantitative estimate of drug-likeness (QED) is 0.731. The van der Waals surface area contributed by atoms with E-state index in [9.17, 15) is 13.6 Å². The fraction of sp³-hybridized carbons (Fsp3) is 0.167. The van der Waals surface area contributed by atoms with Gasteiger partial charge >= 0.3 is 0 Å². The number of nitrogens with one attached hydrogen (secondary N) is 2. The van der Waals surface area contributed by atoms with Gasteiger partial charge in [0, 0.05) is 22.8 Å². The van der Waals surface area contributed by atoms with Crippen LogP contribution in [0.2, 0.25) is 0 Å². The number of hydrogen-bond donors (Lipinski definition) is 2. The van der Waals surface area contributed by atoms with Gasteiger partial charge in [-0.25, -0.2) is 8.78 Å². The van der Waals surface area contributed by atoms with Crippen molar-refractivity contribution in [2.75, 3.05) is 5.32 Å². The van der Waals surface area contributed by atoms with Gasteiger partial charge < -0.3 is 10.3 Å². The van der Waals surface area contributed by atoms with E-state index in [1.165, 1.54) is 24.4 Å². The molecule has 2 aromatic carbocycles. The zero-order valence-corrected chi connectivity index (χ0v) is 12.8. The molecule has 1 heterocycles. The number of rotatable bonds is 3. The minimum atomic E-state index is -0.416. The summed E-state index contributed by atoms with van der Waals surface area (Å²) in [6, 6.07) is 7.24. The molecule has 0 aliphatic carbocycles. The number of aromatic amines is 1. The van der Waals surface area contributed by atoms with Crippen LogP contribution in [0, 0.1) is 18.6 Å². The van der Waals surface area contributed by atoms with Gasteiger partial charge in [-0.1, -0.05) is 13.0 Å². The van der Waals surface area contributed by atoms with Crippen LogP contribution in [-0.2, 0) is 6.42 Å². The average Bonchev–Trinajstić information content (AvgIpc) is 2.93. The van der Waals surface area contributed by atoms with E-state index in [0.717, 1.165) is 5.56 Å². The van der Waals surface area contributed by atoms with E-state index < -0.39 is 11.7 Å². The van der Waals surface area contributed by atoms with Crippen molar-refractivity contribution in [3.05, 3.63) is 64.9 Å². The number of anilines is 1. The molecule has 0 atom stereocenters. The molecule has 0 saturated carbocycles. The molecule has 118 valence electrons. The van der Waals surface area contributed by atoms with Crippen LogP contribution in [0.4, 0.5) is 14.5 Å². The summed E-state index contributed by atoms with van der Waals surface area (Å²) >= 11 is 0. The van der Waals surface area contributed by atoms with Crippen LogP contribution in [0.5, 0.6) is 0 Å². The third kappa shape index (κ3) is 2.82. The van der Waals surface area contributed by atoms with Crippen LogP contribution in [0.15, 0.2) is 36.5 Å². The van der Waals surface area contributed by atoms with Gasteiger partial charge in [-0.3, -0.25) is 4.79 Å². The maximum absolute atomic E-state index is 13.9. The van der Waals surface area contributed by atoms with Crippen LogP contribution in [0.1, 0.15) is 28.4 Å². The molecule has 0 bridgehead atoms. The highest BCUT2D eigenvalue weighted by Crippen LogP contribution is 2.24. The van der Waals surface area contributed by atoms with E-state index in [1.54, 1.807) is 12.1 Å². The number of benzene rings is 2. The van der Waals surface area contributed by atoms with Crippen LogP contribution >= 0.6 is 0 Å². The number of aromatic nitrogens is 1. The molecule has 0 radical (unpaired) electrons. The standard InChI is InChI=1S/C18H16F2N2O/c1-3-11-6-10(2)17(8-15(11)20)22-18(23)14-9-21-16-5-4-12(19)7-13(14)16/h4-9,21H,3H2,1-2H3,(H,22,23). The van der Waals surface area contributed by atoms with Gasteiger partial charge in [-0.2, -0.15) is 0 Å². The first-order valence-electron chi connectivity index (χ1n) is 7.36. The predicted octanol–water partition coefficient (Wildman–Crippen LogP) is 4.57. The molecule has 1 amide bonds. The van der Waals surface area contributed by atoms with E-state index >= 15 is 0 Å². The first-order valence-corrected chi connectivity index (χ1v) is 7.36. The maximum Gasteiger partial charge on any atom is 0.257 e. The summed E-state index contributed by atoms with van der Waals surface area (Å²) in [6.07, 6.45) is 2.11. The largest absolute Gasteiger partial charge is 0.360 e. The molecule has 5 heteroatoms. The first kappa shape index (κ1) is 15.2. The second-order valence-corrected chi connectivity index (χ2v) is 5.46. The highest BCUT2D eigenvalue weighted by Gasteiger charge is 2.15. The lowest BCUT2D eigenvalue weighted by Crippen LogP contribution is -2.13. The van der Waals surface area contributed by atoms with Crippen molar-refractivity contribution in [1.29, 1.82) is 0 Å². The fourth-order valence-corrected chi connectivity index (χ4v) is 2.62. The zero-order chi connectivity index (χ0) is 16.6. The molecule has 0 saturated heterocycles. The third-order valence-corrected chi connectivity index (χ3v) is 3.91. The second-order valence-electron chi connectivity index (χ2n) is 5.46. The van der Waals surface area contributed by atoms with Crippen molar-refractivity contribution in [1.82, 2.24) is 4.98 Å². The molecule has 0 aliphatic heterocycles. The van der Waals surface area contributed by atoms with Crippen LogP contribution < -0.4 is 5.32 Å². The van der Waals surface area contributed by atoms with E-state index in [0.29, 0.717) is 34.1 Å². The smallest absolute Gasteiger partial charge is 0.257 e. The number of amides is 1. The average molecular weight is 314 g/mol. The molecule has 2 N–H and O–H groups in total. The second kappa shape index (κ2) is 5.83. The summed E-state index contributed by atoms with van der Waals surface area (Å²) in [6.45, 7) is 3.68. The van der Waals surface area contributed by atoms with E-state index in [-0.39, 0.29) is 5.82 Å². The van der Waals surface area contributed by atoms with Crippen molar-refractivity contribution in [2.24, 2.45) is 0 Å². The topological polar surface area (TPSA) is 44.9 Å². The summed E-state index contributed by atoms with van der Waals surface area (Å²) in [5, 5.41) is 3.19. The first-order chi connectivity index (χ1) is 11.0. The molecule has 3 nitrogen and oxygen atoms in total. The van der Waals surface area contributed by atoms with E-state index in [1.807, 2.05) is 13.8 Å². The van der Waals surface area contributed by atoms with Gasteiger partial charge in [0.25, 0.3) is 5.91 Å². The molecule has 0 unspecified atom stereocenters. The maximum atomic E-state index is 13.9. The summed E-state index contributed by atoms with van der Waals surface area (Å²) in [4.78, 5) is 15.4. The predicted molar refractivity (Wildman–Crippen MR) is 86.7 cm³/mol. The van der Waals surface area contributed by atoms with Crippen molar-refractivity contribution in [3.63, 3.8) is 0 Å². The Labute approximate surface area is 132 Å². The Balaban J connectivity index is 1.95. The summed E-state index contributed by atoms with van der Waals surface area (Å²) in [5.74, 6) is -1.17. The SMILES string of the molecule is CCc1cc(C)c(NC(=O)c2c[nH]c3ccc(F)cc23)cc1F. The molecular formula is C18H16F2N2O. The number of H-pyrrole nitrogens is 1. The Morgan fingerprint density at radius 1 is 1.22 bits per heavy atom. The summed E-state index contributed by atoms with van der Waals surface area (Å²) < 4.78 is 27.3. The molecule has 23 heavy (non-hydrogen) atoms. The van der Waals surface area contributed by atoms with Crippen LogP contribution in [0.3, 0.4) is 0 Å². The fourth-order valence-electron chi connectivity index (χ4n) is 2.62. The van der Waals surface area contributed by atoms with Gasteiger partial charge in [0.15, 0.2) is 0 Å². The van der Waals surface area contributed by atoms with Gasteiger partial charge in [0.1, 0.15) is 11.6 Å². The minimum Gasteiger partial charge on any atom is -0.360 e. The lowest BCUT2D eigenvalue weighted by molar-refractivity contribution is 0.102. The van der Waals surface area contributed by atoms with Gasteiger partial charge in [0.2, 0.25) is 0 Å². The van der Waals surface area contributed by atoms with E-state index in [2.05, 4.69) is 10.3 Å². The Bertz CT molecular complexity index is 899. The number of carbonyl (C=O) groups excluding carboxylic acids is 1. The Morgan fingerprint density at radius 3 is 2.74 bits per heavy atom. The molecule has 3 aromatic rings. The highest BCUT2D eigenvalue weighted by atomic mass is 19.1. The van der Waals surface area contributed by atoms with Gasteiger partial charge in [-0.05, 0) is 48.7 Å². The molecule has 3 rings (SSSR count). The minimum absolute atomic E-state index is 0.318. The Hall–Kier alpha value is -2.69.